The Morgan fingerprint density at radius 1 is 1.40 bits per heavy atom. The van der Waals surface area contributed by atoms with Gasteiger partial charge in [-0.3, -0.25) is 4.79 Å². The largest absolute Gasteiger partial charge is 0.399 e. The minimum atomic E-state index is -0.340. The number of nitrogens with one attached hydrogen (secondary N) is 1. The molecule has 0 radical (unpaired) electrons. The molecule has 1 aliphatic rings. The van der Waals surface area contributed by atoms with Crippen LogP contribution in [0.2, 0.25) is 0 Å². The lowest BCUT2D eigenvalue weighted by atomic mass is 9.95. The van der Waals surface area contributed by atoms with E-state index in [1.165, 1.54) is 0 Å². The monoisotopic (exact) mass is 287 g/mol. The fourth-order valence-electron chi connectivity index (χ4n) is 2.40. The second kappa shape index (κ2) is 4.90. The molecule has 2 aromatic rings. The maximum Gasteiger partial charge on any atom is 0.230 e. The highest BCUT2D eigenvalue weighted by molar-refractivity contribution is 7.11. The normalized spacial score (nSPS) is 15.8. The maximum absolute atomic E-state index is 12.4. The maximum atomic E-state index is 12.4. The number of amides is 1. The van der Waals surface area contributed by atoms with E-state index in [0.717, 1.165) is 34.0 Å². The fraction of sp³-hybridized carbons (Fsp3) is 0.333. The standard InChI is InChI=1S/C15H17N3OS/c1-10-17-8-13(20-10)9-18-14(19)15(6-7-15)11-2-4-12(16)5-3-11/h2-5,8H,6-7,9,16H2,1H3,(H,18,19). The van der Waals surface area contributed by atoms with Gasteiger partial charge in [-0.25, -0.2) is 4.98 Å². The second-order valence-electron chi connectivity index (χ2n) is 5.23. The summed E-state index contributed by atoms with van der Waals surface area (Å²) in [4.78, 5) is 17.7. The van der Waals surface area contributed by atoms with Crippen LogP contribution < -0.4 is 11.1 Å². The van der Waals surface area contributed by atoms with Crippen LogP contribution >= 0.6 is 11.3 Å². The number of thiazole rings is 1. The highest BCUT2D eigenvalue weighted by Crippen LogP contribution is 2.48. The molecule has 104 valence electrons. The van der Waals surface area contributed by atoms with Gasteiger partial charge < -0.3 is 11.1 Å². The van der Waals surface area contributed by atoms with Gasteiger partial charge in [0.25, 0.3) is 0 Å². The predicted octanol–water partition coefficient (Wildman–Crippen LogP) is 2.38. The molecule has 0 aliphatic heterocycles. The van der Waals surface area contributed by atoms with Crippen molar-refractivity contribution in [1.82, 2.24) is 10.3 Å². The molecule has 0 atom stereocenters. The highest BCUT2D eigenvalue weighted by atomic mass is 32.1. The summed E-state index contributed by atoms with van der Waals surface area (Å²) in [5.74, 6) is 0.105. The molecule has 1 aliphatic carbocycles. The number of nitrogens with zero attached hydrogens (tertiary/aromatic N) is 1. The second-order valence-corrected chi connectivity index (χ2v) is 6.55. The van der Waals surface area contributed by atoms with Crippen LogP contribution in [0.5, 0.6) is 0 Å². The molecule has 1 heterocycles. The SMILES string of the molecule is Cc1ncc(CNC(=O)C2(c3ccc(N)cc3)CC2)s1. The first-order valence-corrected chi connectivity index (χ1v) is 7.47. The minimum absolute atomic E-state index is 0.105. The summed E-state index contributed by atoms with van der Waals surface area (Å²) >= 11 is 1.62. The van der Waals surface area contributed by atoms with Crippen LogP contribution in [0.15, 0.2) is 30.5 Å². The van der Waals surface area contributed by atoms with Crippen molar-refractivity contribution in [2.24, 2.45) is 0 Å². The number of anilines is 1. The molecule has 1 aromatic carbocycles. The smallest absolute Gasteiger partial charge is 0.230 e. The molecule has 0 unspecified atom stereocenters. The van der Waals surface area contributed by atoms with E-state index in [1.54, 1.807) is 11.3 Å². The Bertz CT molecular complexity index is 629. The van der Waals surface area contributed by atoms with Crippen molar-refractivity contribution in [3.63, 3.8) is 0 Å². The van der Waals surface area contributed by atoms with Crippen molar-refractivity contribution in [3.8, 4) is 0 Å². The van der Waals surface area contributed by atoms with Gasteiger partial charge in [0, 0.05) is 16.8 Å². The minimum Gasteiger partial charge on any atom is -0.399 e. The molecule has 0 bridgehead atoms. The third kappa shape index (κ3) is 2.41. The molecule has 1 saturated carbocycles. The van der Waals surface area contributed by atoms with Gasteiger partial charge in [-0.05, 0) is 37.5 Å². The zero-order chi connectivity index (χ0) is 14.2. The molecule has 4 nitrogen and oxygen atoms in total. The van der Waals surface area contributed by atoms with Crippen LogP contribution in [0.1, 0.15) is 28.3 Å². The van der Waals surface area contributed by atoms with Crippen molar-refractivity contribution >= 4 is 22.9 Å². The third-order valence-electron chi connectivity index (χ3n) is 3.74. The summed E-state index contributed by atoms with van der Waals surface area (Å²) in [6, 6.07) is 7.63. The average Bonchev–Trinajstić information content (AvgIpc) is 3.15. The predicted molar refractivity (Wildman–Crippen MR) is 80.5 cm³/mol. The highest BCUT2D eigenvalue weighted by Gasteiger charge is 2.51. The van der Waals surface area contributed by atoms with Gasteiger partial charge in [-0.15, -0.1) is 11.3 Å². The first kappa shape index (κ1) is 13.1. The molecule has 0 spiro atoms. The van der Waals surface area contributed by atoms with Crippen molar-refractivity contribution in [1.29, 1.82) is 0 Å². The Balaban J connectivity index is 1.68. The Morgan fingerprint density at radius 3 is 2.65 bits per heavy atom. The van der Waals surface area contributed by atoms with E-state index in [4.69, 9.17) is 5.73 Å². The molecule has 0 saturated heterocycles. The van der Waals surface area contributed by atoms with Crippen LogP contribution in [0.4, 0.5) is 5.69 Å². The van der Waals surface area contributed by atoms with Gasteiger partial charge in [-0.1, -0.05) is 12.1 Å². The number of nitrogens with two attached hydrogens (primary N) is 1. The van der Waals surface area contributed by atoms with Crippen LogP contribution in [0.25, 0.3) is 0 Å². The molecule has 5 heteroatoms. The lowest BCUT2D eigenvalue weighted by Crippen LogP contribution is -2.34. The van der Waals surface area contributed by atoms with E-state index in [2.05, 4.69) is 10.3 Å². The van der Waals surface area contributed by atoms with Gasteiger partial charge in [0.15, 0.2) is 0 Å². The van der Waals surface area contributed by atoms with E-state index >= 15 is 0 Å². The van der Waals surface area contributed by atoms with Gasteiger partial charge >= 0.3 is 0 Å². The summed E-state index contributed by atoms with van der Waals surface area (Å²) in [6.07, 6.45) is 3.64. The Labute approximate surface area is 122 Å². The Kier molecular flexibility index (Phi) is 3.22. The lowest BCUT2D eigenvalue weighted by molar-refractivity contribution is -0.123. The molecular formula is C15H17N3OS. The molecule has 1 aromatic heterocycles. The Morgan fingerprint density at radius 2 is 2.10 bits per heavy atom. The van der Waals surface area contributed by atoms with Gasteiger partial charge in [0.1, 0.15) is 0 Å². The summed E-state index contributed by atoms with van der Waals surface area (Å²) in [7, 11) is 0. The first-order chi connectivity index (χ1) is 9.60. The van der Waals surface area contributed by atoms with E-state index in [9.17, 15) is 4.79 Å². The van der Waals surface area contributed by atoms with Crippen molar-refractivity contribution in [3.05, 3.63) is 45.9 Å². The molecule has 3 rings (SSSR count). The number of hydrogen-bond acceptors (Lipinski definition) is 4. The first-order valence-electron chi connectivity index (χ1n) is 6.66. The molecular weight excluding hydrogens is 270 g/mol. The van der Waals surface area contributed by atoms with E-state index in [1.807, 2.05) is 37.4 Å². The summed E-state index contributed by atoms with van der Waals surface area (Å²) in [5, 5.41) is 4.05. The summed E-state index contributed by atoms with van der Waals surface area (Å²) in [5.41, 5.74) is 7.14. The summed E-state index contributed by atoms with van der Waals surface area (Å²) < 4.78 is 0. The van der Waals surface area contributed by atoms with Gasteiger partial charge in [0.2, 0.25) is 5.91 Å². The number of hydrogen-bond donors (Lipinski definition) is 2. The number of aromatic nitrogens is 1. The number of aryl methyl sites for hydroxylation is 1. The van der Waals surface area contributed by atoms with Gasteiger partial charge in [-0.2, -0.15) is 0 Å². The zero-order valence-corrected chi connectivity index (χ0v) is 12.2. The third-order valence-corrected chi connectivity index (χ3v) is 4.65. The fourth-order valence-corrected chi connectivity index (χ4v) is 3.13. The van der Waals surface area contributed by atoms with Crippen LogP contribution in [0, 0.1) is 6.92 Å². The molecule has 20 heavy (non-hydrogen) atoms. The van der Waals surface area contributed by atoms with Crippen LogP contribution in [0.3, 0.4) is 0 Å². The van der Waals surface area contributed by atoms with Crippen LogP contribution in [-0.4, -0.2) is 10.9 Å². The van der Waals surface area contributed by atoms with Crippen molar-refractivity contribution < 1.29 is 4.79 Å². The molecule has 1 amide bonds. The Hall–Kier alpha value is -1.88. The summed E-state index contributed by atoms with van der Waals surface area (Å²) in [6.45, 7) is 2.52. The number of nitrogen functional groups attached to an aromatic ring is 1. The van der Waals surface area contributed by atoms with E-state index < -0.39 is 0 Å². The number of carbonyl (C=O) groups is 1. The quantitative estimate of drug-likeness (QED) is 0.848. The zero-order valence-electron chi connectivity index (χ0n) is 11.3. The lowest BCUT2D eigenvalue weighted by Gasteiger charge is -2.15. The van der Waals surface area contributed by atoms with E-state index in [-0.39, 0.29) is 11.3 Å². The van der Waals surface area contributed by atoms with E-state index in [0.29, 0.717) is 6.54 Å². The topological polar surface area (TPSA) is 68.0 Å². The number of rotatable bonds is 4. The van der Waals surface area contributed by atoms with Crippen molar-refractivity contribution in [2.45, 2.75) is 31.7 Å². The number of benzene rings is 1. The average molecular weight is 287 g/mol. The number of carbonyl (C=O) groups excluding carboxylic acids is 1. The molecule has 3 N–H and O–H groups in total. The van der Waals surface area contributed by atoms with Crippen molar-refractivity contribution in [2.75, 3.05) is 5.73 Å². The van der Waals surface area contributed by atoms with Crippen LogP contribution in [-0.2, 0) is 16.8 Å². The van der Waals surface area contributed by atoms with Gasteiger partial charge in [0.05, 0.1) is 17.0 Å². The molecule has 1 fully saturated rings.